The van der Waals surface area contributed by atoms with Gasteiger partial charge in [-0.25, -0.2) is 13.6 Å². The van der Waals surface area contributed by atoms with Crippen LogP contribution >= 0.6 is 0 Å². The summed E-state index contributed by atoms with van der Waals surface area (Å²) in [4.78, 5) is 11.8. The Kier molecular flexibility index (Phi) is 5.97. The highest BCUT2D eigenvalue weighted by Crippen LogP contribution is 2.22. The average Bonchev–Trinajstić information content (AvgIpc) is 3.04. The Hall–Kier alpha value is -1.64. The summed E-state index contributed by atoms with van der Waals surface area (Å²) in [7, 11) is -3.72. The molecule has 1 amide bonds. The second-order valence-corrected chi connectivity index (χ2v) is 6.87. The molecule has 1 saturated heterocycles. The van der Waals surface area contributed by atoms with E-state index in [4.69, 9.17) is 14.6 Å². The fraction of sp³-hybridized carbons (Fsp3) is 0.533. The number of benzene rings is 1. The molecule has 23 heavy (non-hydrogen) atoms. The van der Waals surface area contributed by atoms with Gasteiger partial charge in [0, 0.05) is 6.61 Å². The van der Waals surface area contributed by atoms with Gasteiger partial charge in [-0.15, -0.1) is 0 Å². The van der Waals surface area contributed by atoms with E-state index in [0.29, 0.717) is 31.9 Å². The van der Waals surface area contributed by atoms with Crippen molar-refractivity contribution < 1.29 is 22.7 Å². The molecule has 0 radical (unpaired) electrons. The van der Waals surface area contributed by atoms with Crippen LogP contribution in [0.1, 0.15) is 25.3 Å². The fourth-order valence-electron chi connectivity index (χ4n) is 2.38. The van der Waals surface area contributed by atoms with Gasteiger partial charge in [0.2, 0.25) is 15.9 Å². The second-order valence-electron chi connectivity index (χ2n) is 5.31. The molecule has 1 heterocycles. The van der Waals surface area contributed by atoms with E-state index in [9.17, 15) is 13.2 Å². The van der Waals surface area contributed by atoms with Gasteiger partial charge < -0.3 is 14.8 Å². The Bertz CT molecular complexity index is 654. The molecule has 1 fully saturated rings. The Morgan fingerprint density at radius 1 is 1.48 bits per heavy atom. The fourth-order valence-corrected chi connectivity index (χ4v) is 2.95. The predicted octanol–water partition coefficient (Wildman–Crippen LogP) is 0.570. The largest absolute Gasteiger partial charge is 0.491 e. The molecule has 1 aliphatic rings. The highest BCUT2D eigenvalue weighted by molar-refractivity contribution is 7.89. The van der Waals surface area contributed by atoms with E-state index in [1.54, 1.807) is 6.07 Å². The molecule has 1 aliphatic heterocycles. The van der Waals surface area contributed by atoms with Gasteiger partial charge in [0.15, 0.2) is 0 Å². The van der Waals surface area contributed by atoms with Gasteiger partial charge in [-0.1, -0.05) is 6.92 Å². The number of rotatable bonds is 7. The average molecular weight is 342 g/mol. The normalized spacial score (nSPS) is 17.9. The maximum Gasteiger partial charge on any atom is 0.249 e. The monoisotopic (exact) mass is 342 g/mol. The maximum atomic E-state index is 11.8. The number of nitrogens with one attached hydrogen (secondary N) is 1. The van der Waals surface area contributed by atoms with Crippen molar-refractivity contribution in [2.24, 2.45) is 5.14 Å². The minimum absolute atomic E-state index is 0.0633. The van der Waals surface area contributed by atoms with E-state index in [1.165, 1.54) is 12.1 Å². The highest BCUT2D eigenvalue weighted by Gasteiger charge is 2.22. The lowest BCUT2D eigenvalue weighted by atomic mass is 10.1. The molecule has 1 aromatic carbocycles. The molecular weight excluding hydrogens is 320 g/mol. The summed E-state index contributed by atoms with van der Waals surface area (Å²) in [6, 6.07) is 4.50. The molecule has 7 nitrogen and oxygen atoms in total. The Morgan fingerprint density at radius 3 is 2.87 bits per heavy atom. The van der Waals surface area contributed by atoms with Gasteiger partial charge in [0.25, 0.3) is 0 Å². The number of carbonyl (C=O) groups is 1. The van der Waals surface area contributed by atoms with Gasteiger partial charge in [0.1, 0.15) is 18.5 Å². The molecule has 128 valence electrons. The van der Waals surface area contributed by atoms with Crippen molar-refractivity contribution in [1.82, 2.24) is 5.32 Å². The third-order valence-corrected chi connectivity index (χ3v) is 4.53. The Labute approximate surface area is 136 Å². The minimum atomic E-state index is -3.72. The Morgan fingerprint density at radius 2 is 2.26 bits per heavy atom. The SMILES string of the molecule is CCc1cc(S(N)(=O)=O)ccc1OCCNC(=O)C1CCCO1. The summed E-state index contributed by atoms with van der Waals surface area (Å²) in [6.07, 6.45) is 1.92. The van der Waals surface area contributed by atoms with Gasteiger partial charge in [-0.05, 0) is 43.0 Å². The van der Waals surface area contributed by atoms with Crippen LogP contribution in [0.4, 0.5) is 0 Å². The van der Waals surface area contributed by atoms with Crippen LogP contribution in [-0.4, -0.2) is 40.2 Å². The number of hydrogen-bond acceptors (Lipinski definition) is 5. The number of hydrogen-bond donors (Lipinski definition) is 2. The van der Waals surface area contributed by atoms with Crippen molar-refractivity contribution in [2.75, 3.05) is 19.8 Å². The molecule has 1 unspecified atom stereocenters. The van der Waals surface area contributed by atoms with E-state index in [0.717, 1.165) is 18.4 Å². The summed E-state index contributed by atoms with van der Waals surface area (Å²) >= 11 is 0. The lowest BCUT2D eigenvalue weighted by Crippen LogP contribution is -2.36. The molecule has 1 aromatic rings. The van der Waals surface area contributed by atoms with E-state index >= 15 is 0 Å². The second kappa shape index (κ2) is 7.76. The smallest absolute Gasteiger partial charge is 0.249 e. The Balaban J connectivity index is 1.86. The predicted molar refractivity (Wildman–Crippen MR) is 84.7 cm³/mol. The van der Waals surface area contributed by atoms with E-state index in [1.807, 2.05) is 6.92 Å². The van der Waals surface area contributed by atoms with Crippen LogP contribution < -0.4 is 15.2 Å². The summed E-state index contributed by atoms with van der Waals surface area (Å²) in [6.45, 7) is 3.18. The maximum absolute atomic E-state index is 11.8. The van der Waals surface area contributed by atoms with Crippen molar-refractivity contribution in [2.45, 2.75) is 37.2 Å². The van der Waals surface area contributed by atoms with Crippen LogP contribution in [0.5, 0.6) is 5.75 Å². The van der Waals surface area contributed by atoms with E-state index < -0.39 is 10.0 Å². The van der Waals surface area contributed by atoms with Crippen molar-refractivity contribution in [3.05, 3.63) is 23.8 Å². The number of sulfonamides is 1. The molecule has 1 atom stereocenters. The van der Waals surface area contributed by atoms with Gasteiger partial charge in [-0.2, -0.15) is 0 Å². The van der Waals surface area contributed by atoms with Crippen molar-refractivity contribution in [3.63, 3.8) is 0 Å². The third kappa shape index (κ3) is 4.92. The molecule has 3 N–H and O–H groups in total. The molecule has 0 saturated carbocycles. The molecule has 0 spiro atoms. The van der Waals surface area contributed by atoms with E-state index in [-0.39, 0.29) is 16.9 Å². The first-order valence-corrected chi connectivity index (χ1v) is 9.14. The highest BCUT2D eigenvalue weighted by atomic mass is 32.2. The first-order chi connectivity index (χ1) is 10.9. The molecule has 0 bridgehead atoms. The van der Waals surface area contributed by atoms with Crippen LogP contribution in [0, 0.1) is 0 Å². The summed E-state index contributed by atoms with van der Waals surface area (Å²) in [5.41, 5.74) is 0.752. The van der Waals surface area contributed by atoms with Crippen molar-refractivity contribution in [3.8, 4) is 5.75 Å². The summed E-state index contributed by atoms with van der Waals surface area (Å²) in [5, 5.41) is 7.88. The lowest BCUT2D eigenvalue weighted by molar-refractivity contribution is -0.130. The van der Waals surface area contributed by atoms with Gasteiger partial charge in [-0.3, -0.25) is 4.79 Å². The molecule has 8 heteroatoms. The van der Waals surface area contributed by atoms with Gasteiger partial charge >= 0.3 is 0 Å². The first-order valence-electron chi connectivity index (χ1n) is 7.59. The standard InChI is InChI=1S/C15H22N2O5S/c1-2-11-10-12(23(16,19)20)5-6-13(11)22-9-7-17-15(18)14-4-3-8-21-14/h5-6,10,14H,2-4,7-9H2,1H3,(H,17,18)(H2,16,19,20). The molecule has 0 aliphatic carbocycles. The number of nitrogens with two attached hydrogens (primary N) is 1. The zero-order valence-corrected chi connectivity index (χ0v) is 13.9. The lowest BCUT2D eigenvalue weighted by Gasteiger charge is -2.13. The van der Waals surface area contributed by atoms with Crippen LogP contribution in [-0.2, 0) is 26.0 Å². The van der Waals surface area contributed by atoms with Crippen LogP contribution in [0.3, 0.4) is 0 Å². The quantitative estimate of drug-likeness (QED) is 0.704. The van der Waals surface area contributed by atoms with Crippen LogP contribution in [0.15, 0.2) is 23.1 Å². The number of carbonyl (C=O) groups excluding carboxylic acids is 1. The van der Waals surface area contributed by atoms with E-state index in [2.05, 4.69) is 5.32 Å². The zero-order chi connectivity index (χ0) is 16.9. The van der Waals surface area contributed by atoms with Crippen molar-refractivity contribution >= 4 is 15.9 Å². The van der Waals surface area contributed by atoms with Crippen LogP contribution in [0.2, 0.25) is 0 Å². The number of ether oxygens (including phenoxy) is 2. The molecule has 2 rings (SSSR count). The minimum Gasteiger partial charge on any atom is -0.491 e. The van der Waals surface area contributed by atoms with Crippen LogP contribution in [0.25, 0.3) is 0 Å². The molecule has 0 aromatic heterocycles. The number of amides is 1. The summed E-state index contributed by atoms with van der Waals surface area (Å²) in [5.74, 6) is 0.470. The zero-order valence-electron chi connectivity index (χ0n) is 13.1. The topological polar surface area (TPSA) is 108 Å². The first kappa shape index (κ1) is 17.7. The van der Waals surface area contributed by atoms with Crippen molar-refractivity contribution in [1.29, 1.82) is 0 Å². The molecular formula is C15H22N2O5S. The van der Waals surface area contributed by atoms with Gasteiger partial charge in [0.05, 0.1) is 11.4 Å². The number of aryl methyl sites for hydroxylation is 1. The summed E-state index contributed by atoms with van der Waals surface area (Å²) < 4.78 is 33.6. The number of primary sulfonamides is 1. The third-order valence-electron chi connectivity index (χ3n) is 3.62.